The number of rotatable bonds is 6. The number of carbonyl (C=O) groups is 1. The fourth-order valence-electron chi connectivity index (χ4n) is 2.57. The average molecular weight is 290 g/mol. The number of benzene rings is 1. The van der Waals surface area contributed by atoms with Gasteiger partial charge in [-0.2, -0.15) is 0 Å². The topological polar surface area (TPSA) is 41.6 Å². The maximum atomic E-state index is 12.1. The van der Waals surface area contributed by atoms with E-state index in [1.807, 2.05) is 32.0 Å². The SMILES string of the molecule is Cc1ccc(C)c(O[C@@H](C)C(=O)NCCN2CCCC2)c1. The summed E-state index contributed by atoms with van der Waals surface area (Å²) in [6.07, 6.45) is 2.09. The molecule has 0 aliphatic carbocycles. The summed E-state index contributed by atoms with van der Waals surface area (Å²) in [5, 5.41) is 2.96. The molecule has 116 valence electrons. The molecule has 1 saturated heterocycles. The Morgan fingerprint density at radius 2 is 2.05 bits per heavy atom. The van der Waals surface area contributed by atoms with E-state index in [1.54, 1.807) is 6.92 Å². The van der Waals surface area contributed by atoms with Crippen LogP contribution in [0.15, 0.2) is 18.2 Å². The van der Waals surface area contributed by atoms with Crippen LogP contribution in [0.1, 0.15) is 30.9 Å². The number of ether oxygens (including phenoxy) is 1. The van der Waals surface area contributed by atoms with Crippen LogP contribution in [0.4, 0.5) is 0 Å². The van der Waals surface area contributed by atoms with E-state index >= 15 is 0 Å². The Morgan fingerprint density at radius 1 is 1.33 bits per heavy atom. The minimum absolute atomic E-state index is 0.0462. The van der Waals surface area contributed by atoms with Crippen molar-refractivity contribution in [2.75, 3.05) is 26.2 Å². The van der Waals surface area contributed by atoms with Gasteiger partial charge in [-0.05, 0) is 63.9 Å². The van der Waals surface area contributed by atoms with Gasteiger partial charge in [0.2, 0.25) is 0 Å². The van der Waals surface area contributed by atoms with Crippen molar-refractivity contribution >= 4 is 5.91 Å². The highest BCUT2D eigenvalue weighted by Gasteiger charge is 2.16. The first kappa shape index (κ1) is 15.8. The fraction of sp³-hybridized carbons (Fsp3) is 0.588. The average Bonchev–Trinajstić information content (AvgIpc) is 2.96. The third-order valence-electron chi connectivity index (χ3n) is 3.94. The van der Waals surface area contributed by atoms with Crippen molar-refractivity contribution in [3.63, 3.8) is 0 Å². The van der Waals surface area contributed by atoms with Gasteiger partial charge in [0.25, 0.3) is 5.91 Å². The quantitative estimate of drug-likeness (QED) is 0.874. The second-order valence-electron chi connectivity index (χ2n) is 5.87. The van der Waals surface area contributed by atoms with Crippen LogP contribution < -0.4 is 10.1 Å². The van der Waals surface area contributed by atoms with Crippen LogP contribution in [0.3, 0.4) is 0 Å². The van der Waals surface area contributed by atoms with Crippen molar-refractivity contribution < 1.29 is 9.53 Å². The van der Waals surface area contributed by atoms with Crippen LogP contribution in [-0.4, -0.2) is 43.1 Å². The van der Waals surface area contributed by atoms with Gasteiger partial charge in [-0.25, -0.2) is 0 Å². The van der Waals surface area contributed by atoms with Crippen LogP contribution >= 0.6 is 0 Å². The molecule has 1 fully saturated rings. The van der Waals surface area contributed by atoms with Crippen LogP contribution in [0.25, 0.3) is 0 Å². The molecule has 1 amide bonds. The highest BCUT2D eigenvalue weighted by Crippen LogP contribution is 2.20. The summed E-state index contributed by atoms with van der Waals surface area (Å²) in [7, 11) is 0. The van der Waals surface area contributed by atoms with Gasteiger partial charge in [0.15, 0.2) is 6.10 Å². The zero-order valence-corrected chi connectivity index (χ0v) is 13.3. The molecular weight excluding hydrogens is 264 g/mol. The molecule has 0 radical (unpaired) electrons. The monoisotopic (exact) mass is 290 g/mol. The lowest BCUT2D eigenvalue weighted by Crippen LogP contribution is -2.40. The molecule has 1 aliphatic rings. The minimum Gasteiger partial charge on any atom is -0.481 e. The summed E-state index contributed by atoms with van der Waals surface area (Å²) in [4.78, 5) is 14.4. The van der Waals surface area contributed by atoms with Crippen LogP contribution in [0.5, 0.6) is 5.75 Å². The molecule has 1 aromatic rings. The van der Waals surface area contributed by atoms with E-state index in [2.05, 4.69) is 10.2 Å². The standard InChI is InChI=1S/C17H26N2O2/c1-13-6-7-14(2)16(12-13)21-15(3)17(20)18-8-11-19-9-4-5-10-19/h6-7,12,15H,4-5,8-11H2,1-3H3,(H,18,20)/t15-/m0/s1. The van der Waals surface area contributed by atoms with E-state index in [0.717, 1.165) is 36.5 Å². The van der Waals surface area contributed by atoms with Crippen molar-refractivity contribution in [2.45, 2.75) is 39.7 Å². The summed E-state index contributed by atoms with van der Waals surface area (Å²) in [6.45, 7) is 9.75. The third-order valence-corrected chi connectivity index (χ3v) is 3.94. The Labute approximate surface area is 127 Å². The van der Waals surface area contributed by atoms with E-state index in [9.17, 15) is 4.79 Å². The number of hydrogen-bond donors (Lipinski definition) is 1. The summed E-state index contributed by atoms with van der Waals surface area (Å²) in [5.41, 5.74) is 2.19. The first-order chi connectivity index (χ1) is 10.1. The molecule has 0 spiro atoms. The molecule has 1 aliphatic heterocycles. The van der Waals surface area contributed by atoms with Crippen LogP contribution in [0.2, 0.25) is 0 Å². The zero-order chi connectivity index (χ0) is 15.2. The first-order valence-electron chi connectivity index (χ1n) is 7.80. The Morgan fingerprint density at radius 3 is 2.76 bits per heavy atom. The van der Waals surface area contributed by atoms with Crippen molar-refractivity contribution in [1.82, 2.24) is 10.2 Å². The zero-order valence-electron chi connectivity index (χ0n) is 13.3. The molecule has 1 heterocycles. The van der Waals surface area contributed by atoms with E-state index in [1.165, 1.54) is 12.8 Å². The molecule has 1 aromatic carbocycles. The fourth-order valence-corrected chi connectivity index (χ4v) is 2.57. The molecule has 1 atom stereocenters. The lowest BCUT2D eigenvalue weighted by molar-refractivity contribution is -0.127. The maximum absolute atomic E-state index is 12.1. The smallest absolute Gasteiger partial charge is 0.260 e. The molecule has 2 rings (SSSR count). The first-order valence-corrected chi connectivity index (χ1v) is 7.80. The van der Waals surface area contributed by atoms with Gasteiger partial charge in [-0.15, -0.1) is 0 Å². The van der Waals surface area contributed by atoms with Gasteiger partial charge in [0, 0.05) is 13.1 Å². The van der Waals surface area contributed by atoms with Gasteiger partial charge in [0.1, 0.15) is 5.75 Å². The highest BCUT2D eigenvalue weighted by atomic mass is 16.5. The van der Waals surface area contributed by atoms with E-state index in [-0.39, 0.29) is 5.91 Å². The normalized spacial score (nSPS) is 16.7. The van der Waals surface area contributed by atoms with Gasteiger partial charge < -0.3 is 15.0 Å². The predicted octanol–water partition coefficient (Wildman–Crippen LogP) is 2.28. The summed E-state index contributed by atoms with van der Waals surface area (Å²) >= 11 is 0. The number of carbonyl (C=O) groups excluding carboxylic acids is 1. The number of nitrogens with zero attached hydrogens (tertiary/aromatic N) is 1. The van der Waals surface area contributed by atoms with Gasteiger partial charge >= 0.3 is 0 Å². The lowest BCUT2D eigenvalue weighted by atomic mass is 10.1. The van der Waals surface area contributed by atoms with Crippen molar-refractivity contribution in [1.29, 1.82) is 0 Å². The number of likely N-dealkylation sites (tertiary alicyclic amines) is 1. The minimum atomic E-state index is -0.468. The Hall–Kier alpha value is -1.55. The van der Waals surface area contributed by atoms with Gasteiger partial charge in [-0.1, -0.05) is 12.1 Å². The van der Waals surface area contributed by atoms with Crippen LogP contribution in [0, 0.1) is 13.8 Å². The third kappa shape index (κ3) is 4.74. The van der Waals surface area contributed by atoms with Crippen molar-refractivity contribution in [2.24, 2.45) is 0 Å². The largest absolute Gasteiger partial charge is 0.481 e. The number of amides is 1. The molecule has 0 saturated carbocycles. The molecule has 0 aromatic heterocycles. The van der Waals surface area contributed by atoms with Crippen molar-refractivity contribution in [3.8, 4) is 5.75 Å². The Kier molecular flexibility index (Phi) is 5.62. The predicted molar refractivity (Wildman–Crippen MR) is 84.7 cm³/mol. The Balaban J connectivity index is 1.77. The maximum Gasteiger partial charge on any atom is 0.260 e. The van der Waals surface area contributed by atoms with E-state index in [4.69, 9.17) is 4.74 Å². The molecular formula is C17H26N2O2. The molecule has 0 bridgehead atoms. The van der Waals surface area contributed by atoms with Crippen LogP contribution in [-0.2, 0) is 4.79 Å². The summed E-state index contributed by atoms with van der Waals surface area (Å²) in [5.74, 6) is 0.743. The second kappa shape index (κ2) is 7.46. The van der Waals surface area contributed by atoms with Gasteiger partial charge in [0.05, 0.1) is 0 Å². The molecule has 4 nitrogen and oxygen atoms in total. The van der Waals surface area contributed by atoms with Crippen molar-refractivity contribution in [3.05, 3.63) is 29.3 Å². The van der Waals surface area contributed by atoms with E-state index < -0.39 is 6.10 Å². The van der Waals surface area contributed by atoms with E-state index in [0.29, 0.717) is 6.54 Å². The highest BCUT2D eigenvalue weighted by molar-refractivity contribution is 5.80. The summed E-state index contributed by atoms with van der Waals surface area (Å²) < 4.78 is 5.78. The summed E-state index contributed by atoms with van der Waals surface area (Å²) in [6, 6.07) is 6.04. The number of aryl methyl sites for hydroxylation is 2. The molecule has 4 heteroatoms. The number of hydrogen-bond acceptors (Lipinski definition) is 3. The van der Waals surface area contributed by atoms with Gasteiger partial charge in [-0.3, -0.25) is 4.79 Å². The Bertz CT molecular complexity index is 482. The molecule has 1 N–H and O–H groups in total. The molecule has 21 heavy (non-hydrogen) atoms. The lowest BCUT2D eigenvalue weighted by Gasteiger charge is -2.18. The number of nitrogens with one attached hydrogen (secondary N) is 1. The second-order valence-corrected chi connectivity index (χ2v) is 5.87. The molecule has 0 unspecified atom stereocenters.